The minimum atomic E-state index is 0.196. The molecular formula is C24H27N5O3. The monoisotopic (exact) mass is 433 g/mol. The summed E-state index contributed by atoms with van der Waals surface area (Å²) in [5.41, 5.74) is 10.1. The van der Waals surface area contributed by atoms with E-state index in [4.69, 9.17) is 15.0 Å². The molecule has 8 heteroatoms. The van der Waals surface area contributed by atoms with Crippen molar-refractivity contribution in [3.63, 3.8) is 0 Å². The van der Waals surface area contributed by atoms with Crippen LogP contribution in [0.4, 0.5) is 5.69 Å². The summed E-state index contributed by atoms with van der Waals surface area (Å²) in [4.78, 5) is 7.04. The van der Waals surface area contributed by atoms with Gasteiger partial charge in [0, 0.05) is 36.9 Å². The third-order valence-electron chi connectivity index (χ3n) is 5.28. The van der Waals surface area contributed by atoms with Gasteiger partial charge in [-0.2, -0.15) is 5.11 Å². The maximum Gasteiger partial charge on any atom is 0.127 e. The first-order valence-corrected chi connectivity index (χ1v) is 10.7. The van der Waals surface area contributed by atoms with Crippen LogP contribution >= 0.6 is 0 Å². The van der Waals surface area contributed by atoms with Crippen molar-refractivity contribution in [2.24, 2.45) is 5.11 Å². The van der Waals surface area contributed by atoms with Gasteiger partial charge in [-0.05, 0) is 55.0 Å². The highest BCUT2D eigenvalue weighted by molar-refractivity contribution is 5.82. The fourth-order valence-electron chi connectivity index (χ4n) is 3.51. The summed E-state index contributed by atoms with van der Waals surface area (Å²) in [6.07, 6.45) is 2.60. The second-order valence-corrected chi connectivity index (χ2v) is 7.54. The van der Waals surface area contributed by atoms with Gasteiger partial charge in [0.05, 0.1) is 31.0 Å². The van der Waals surface area contributed by atoms with E-state index in [2.05, 4.69) is 20.3 Å². The number of aromatic hydroxyl groups is 1. The van der Waals surface area contributed by atoms with Crippen molar-refractivity contribution >= 4 is 22.3 Å². The third kappa shape index (κ3) is 5.81. The number of benzene rings is 2. The average Bonchev–Trinajstić information content (AvgIpc) is 2.84. The number of fused-ring (bicyclic) bond motifs is 1. The van der Waals surface area contributed by atoms with Gasteiger partial charge in [0.2, 0.25) is 0 Å². The number of ether oxygens (including phenoxy) is 2. The SMILES string of the molecule is N=N/C(=C\Nc1ccc(O)cc1)c1ccc2cc(OCCCN3CCOCC3)ccc2n1. The average molecular weight is 434 g/mol. The summed E-state index contributed by atoms with van der Waals surface area (Å²) in [5.74, 6) is 1.02. The fraction of sp³-hybridized carbons (Fsp3) is 0.292. The van der Waals surface area contributed by atoms with Crippen molar-refractivity contribution < 1.29 is 14.6 Å². The van der Waals surface area contributed by atoms with E-state index in [1.165, 1.54) is 0 Å². The van der Waals surface area contributed by atoms with Crippen molar-refractivity contribution in [2.75, 3.05) is 44.8 Å². The quantitative estimate of drug-likeness (QED) is 0.261. The number of rotatable bonds is 9. The Morgan fingerprint density at radius 2 is 1.97 bits per heavy atom. The predicted octanol–water partition coefficient (Wildman–Crippen LogP) is 4.48. The molecule has 0 radical (unpaired) electrons. The van der Waals surface area contributed by atoms with E-state index >= 15 is 0 Å². The van der Waals surface area contributed by atoms with Gasteiger partial charge in [0.25, 0.3) is 0 Å². The molecule has 1 aliphatic heterocycles. The molecule has 0 bridgehead atoms. The molecule has 0 saturated carbocycles. The Hall–Kier alpha value is -3.49. The van der Waals surface area contributed by atoms with Gasteiger partial charge in [-0.1, -0.05) is 6.07 Å². The standard InChI is InChI=1S/C24H27N5O3/c25-28-24(17-26-19-3-5-20(30)6-4-19)23-8-2-18-16-21(7-9-22(18)27-23)32-13-1-10-29-11-14-31-15-12-29/h2-9,16-17,25-26,30H,1,10-15H2/b24-17-,28-25?. The fourth-order valence-corrected chi connectivity index (χ4v) is 3.51. The molecule has 32 heavy (non-hydrogen) atoms. The Labute approximate surface area is 187 Å². The number of nitrogens with zero attached hydrogens (tertiary/aromatic N) is 3. The lowest BCUT2D eigenvalue weighted by Gasteiger charge is -2.26. The first kappa shape index (κ1) is 21.7. The van der Waals surface area contributed by atoms with Gasteiger partial charge < -0.3 is 19.9 Å². The normalized spacial score (nSPS) is 14.9. The maximum absolute atomic E-state index is 9.38. The highest BCUT2D eigenvalue weighted by Crippen LogP contribution is 2.23. The van der Waals surface area contributed by atoms with Crippen LogP contribution in [0.3, 0.4) is 0 Å². The van der Waals surface area contributed by atoms with Gasteiger partial charge in [-0.25, -0.2) is 10.5 Å². The number of phenols is 1. The molecule has 0 amide bonds. The third-order valence-corrected chi connectivity index (χ3v) is 5.28. The molecule has 3 aromatic rings. The van der Waals surface area contributed by atoms with Gasteiger partial charge in [-0.15, -0.1) is 0 Å². The molecular weight excluding hydrogens is 406 g/mol. The lowest BCUT2D eigenvalue weighted by atomic mass is 10.1. The summed E-state index contributed by atoms with van der Waals surface area (Å²) < 4.78 is 11.3. The Morgan fingerprint density at radius 1 is 1.16 bits per heavy atom. The van der Waals surface area contributed by atoms with Crippen molar-refractivity contribution in [3.05, 3.63) is 66.5 Å². The topological polar surface area (TPSA) is 103 Å². The number of nitrogens with one attached hydrogen (secondary N) is 2. The van der Waals surface area contributed by atoms with Crippen LogP contribution in [0.25, 0.3) is 16.6 Å². The molecule has 1 fully saturated rings. The van der Waals surface area contributed by atoms with E-state index in [9.17, 15) is 5.11 Å². The van der Waals surface area contributed by atoms with Crippen molar-refractivity contribution in [1.29, 1.82) is 5.53 Å². The van der Waals surface area contributed by atoms with Crippen LogP contribution in [0.15, 0.2) is 65.9 Å². The van der Waals surface area contributed by atoms with Gasteiger partial charge in [-0.3, -0.25) is 4.90 Å². The second kappa shape index (κ2) is 10.7. The molecule has 8 nitrogen and oxygen atoms in total. The van der Waals surface area contributed by atoms with E-state index in [0.717, 1.165) is 61.6 Å². The maximum atomic E-state index is 9.38. The summed E-state index contributed by atoms with van der Waals surface area (Å²) in [6, 6.07) is 16.3. The molecule has 1 saturated heterocycles. The lowest BCUT2D eigenvalue weighted by molar-refractivity contribution is 0.0358. The molecule has 0 atom stereocenters. The molecule has 3 N–H and O–H groups in total. The lowest BCUT2D eigenvalue weighted by Crippen LogP contribution is -2.37. The summed E-state index contributed by atoms with van der Waals surface area (Å²) in [7, 11) is 0. The van der Waals surface area contributed by atoms with E-state index in [1.807, 2.05) is 30.3 Å². The minimum absolute atomic E-state index is 0.196. The Balaban J connectivity index is 1.37. The summed E-state index contributed by atoms with van der Waals surface area (Å²) >= 11 is 0. The van der Waals surface area contributed by atoms with E-state index in [1.54, 1.807) is 30.5 Å². The van der Waals surface area contributed by atoms with Crippen LogP contribution in [0.1, 0.15) is 12.1 Å². The van der Waals surface area contributed by atoms with Crippen LogP contribution in [0.2, 0.25) is 0 Å². The zero-order valence-electron chi connectivity index (χ0n) is 17.8. The van der Waals surface area contributed by atoms with Gasteiger partial charge >= 0.3 is 0 Å². The Bertz CT molecular complexity index is 1080. The number of hydrogen-bond acceptors (Lipinski definition) is 8. The molecule has 1 aliphatic rings. The number of morpholine rings is 1. The molecule has 166 valence electrons. The predicted molar refractivity (Wildman–Crippen MR) is 124 cm³/mol. The van der Waals surface area contributed by atoms with Crippen molar-refractivity contribution in [2.45, 2.75) is 6.42 Å². The van der Waals surface area contributed by atoms with Crippen LogP contribution in [0, 0.1) is 5.53 Å². The molecule has 4 rings (SSSR count). The van der Waals surface area contributed by atoms with Crippen molar-refractivity contribution in [1.82, 2.24) is 9.88 Å². The van der Waals surface area contributed by atoms with Crippen LogP contribution < -0.4 is 10.1 Å². The molecule has 2 heterocycles. The highest BCUT2D eigenvalue weighted by atomic mass is 16.5. The number of pyridine rings is 1. The Kier molecular flexibility index (Phi) is 7.27. The zero-order chi connectivity index (χ0) is 22.2. The molecule has 0 spiro atoms. The van der Waals surface area contributed by atoms with E-state index in [-0.39, 0.29) is 5.75 Å². The van der Waals surface area contributed by atoms with Crippen LogP contribution in [0.5, 0.6) is 11.5 Å². The van der Waals surface area contributed by atoms with E-state index in [0.29, 0.717) is 18.0 Å². The summed E-state index contributed by atoms with van der Waals surface area (Å²) in [5, 5.41) is 17.0. The molecule has 0 aliphatic carbocycles. The van der Waals surface area contributed by atoms with E-state index < -0.39 is 0 Å². The highest BCUT2D eigenvalue weighted by Gasteiger charge is 2.10. The number of phenolic OH excluding ortho intramolecular Hbond substituents is 1. The first-order chi connectivity index (χ1) is 15.7. The van der Waals surface area contributed by atoms with Gasteiger partial charge in [0.15, 0.2) is 0 Å². The molecule has 2 aromatic carbocycles. The first-order valence-electron chi connectivity index (χ1n) is 10.7. The van der Waals surface area contributed by atoms with Crippen LogP contribution in [-0.2, 0) is 4.74 Å². The number of hydrogen-bond donors (Lipinski definition) is 3. The van der Waals surface area contributed by atoms with Gasteiger partial charge in [0.1, 0.15) is 17.2 Å². The smallest absolute Gasteiger partial charge is 0.127 e. The second-order valence-electron chi connectivity index (χ2n) is 7.54. The van der Waals surface area contributed by atoms with Crippen LogP contribution in [-0.4, -0.2) is 54.4 Å². The number of aromatic nitrogens is 1. The zero-order valence-corrected chi connectivity index (χ0v) is 17.8. The summed E-state index contributed by atoms with van der Waals surface area (Å²) in [6.45, 7) is 5.31. The minimum Gasteiger partial charge on any atom is -0.508 e. The van der Waals surface area contributed by atoms with Crippen molar-refractivity contribution in [3.8, 4) is 11.5 Å². The largest absolute Gasteiger partial charge is 0.508 e. The Morgan fingerprint density at radius 3 is 2.75 bits per heavy atom. The molecule has 0 unspecified atom stereocenters. The molecule has 1 aromatic heterocycles. The number of anilines is 1.